The molecule has 6 nitrogen and oxygen atoms in total. The molecule has 0 fully saturated rings. The molecule has 1 aromatic carbocycles. The largest absolute Gasteiger partial charge is 0.469 e. The monoisotopic (exact) mass is 285 g/mol. The molecule has 7 heteroatoms. The first kappa shape index (κ1) is 15.2. The zero-order valence-electron chi connectivity index (χ0n) is 10.7. The smallest absolute Gasteiger partial charge is 0.313 e. The van der Waals surface area contributed by atoms with Gasteiger partial charge < -0.3 is 4.74 Å². The number of carbonyl (C=O) groups is 2. The van der Waals surface area contributed by atoms with Crippen LogP contribution in [-0.4, -0.2) is 33.5 Å². The third kappa shape index (κ3) is 6.01. The summed E-state index contributed by atoms with van der Waals surface area (Å²) in [6.07, 6.45) is 0.898. The molecule has 0 spiro atoms. The van der Waals surface area contributed by atoms with Gasteiger partial charge in [-0.15, -0.1) is 0 Å². The molecule has 1 N–H and O–H groups in total. The summed E-state index contributed by atoms with van der Waals surface area (Å²) in [6, 6.07) is 6.37. The summed E-state index contributed by atoms with van der Waals surface area (Å²) in [5.74, 6) is -0.823. The van der Waals surface area contributed by atoms with Crippen molar-refractivity contribution in [2.75, 3.05) is 18.1 Å². The van der Waals surface area contributed by atoms with E-state index in [2.05, 4.69) is 9.46 Å². The van der Waals surface area contributed by atoms with Gasteiger partial charge in [0.15, 0.2) is 0 Å². The highest BCUT2D eigenvalue weighted by molar-refractivity contribution is 7.92. The highest BCUT2D eigenvalue weighted by Gasteiger charge is 2.10. The lowest BCUT2D eigenvalue weighted by Crippen LogP contribution is -2.12. The topological polar surface area (TPSA) is 89.5 Å². The Morgan fingerprint density at radius 2 is 1.79 bits per heavy atom. The number of anilines is 1. The van der Waals surface area contributed by atoms with Gasteiger partial charge in [0.25, 0.3) is 0 Å². The fourth-order valence-electron chi connectivity index (χ4n) is 1.43. The van der Waals surface area contributed by atoms with Gasteiger partial charge in [-0.05, 0) is 17.7 Å². The molecule has 0 aliphatic carbocycles. The maximum atomic E-state index is 11.5. The molecule has 0 saturated carbocycles. The Kier molecular flexibility index (Phi) is 5.05. The predicted octanol–water partition coefficient (Wildman–Crippen LogP) is 0.733. The molecule has 1 aromatic rings. The normalized spacial score (nSPS) is 10.8. The number of carbonyl (C=O) groups excluding carboxylic acids is 2. The summed E-state index contributed by atoms with van der Waals surface area (Å²) >= 11 is 0. The van der Waals surface area contributed by atoms with E-state index in [1.54, 1.807) is 24.3 Å². The Morgan fingerprint density at radius 1 is 1.21 bits per heavy atom. The number of sulfonamides is 1. The highest BCUT2D eigenvalue weighted by atomic mass is 32.2. The van der Waals surface area contributed by atoms with Crippen molar-refractivity contribution < 1.29 is 22.7 Å². The molecule has 104 valence electrons. The number of rotatable bonds is 6. The van der Waals surface area contributed by atoms with E-state index in [9.17, 15) is 18.0 Å². The number of benzene rings is 1. The van der Waals surface area contributed by atoms with Crippen LogP contribution in [0.4, 0.5) is 5.69 Å². The van der Waals surface area contributed by atoms with E-state index >= 15 is 0 Å². The maximum Gasteiger partial charge on any atom is 0.313 e. The van der Waals surface area contributed by atoms with Crippen LogP contribution in [0.1, 0.15) is 12.0 Å². The van der Waals surface area contributed by atoms with Crippen molar-refractivity contribution in [2.45, 2.75) is 12.8 Å². The van der Waals surface area contributed by atoms with E-state index in [0.717, 1.165) is 6.26 Å². The minimum atomic E-state index is -3.31. The second-order valence-electron chi connectivity index (χ2n) is 4.04. The van der Waals surface area contributed by atoms with Crippen molar-refractivity contribution in [1.29, 1.82) is 0 Å². The van der Waals surface area contributed by atoms with Gasteiger partial charge >= 0.3 is 5.97 Å². The zero-order valence-corrected chi connectivity index (χ0v) is 11.5. The zero-order chi connectivity index (χ0) is 14.5. The van der Waals surface area contributed by atoms with Crippen LogP contribution in [0, 0.1) is 0 Å². The number of Topliss-reactive ketones (excluding diaryl/α,β-unsaturated/α-hetero) is 1. The summed E-state index contributed by atoms with van der Waals surface area (Å²) in [4.78, 5) is 22.4. The number of hydrogen-bond acceptors (Lipinski definition) is 5. The van der Waals surface area contributed by atoms with Crippen LogP contribution < -0.4 is 4.72 Å². The number of ether oxygens (including phenoxy) is 1. The molecule has 0 aliphatic rings. The van der Waals surface area contributed by atoms with E-state index in [0.29, 0.717) is 11.3 Å². The molecule has 0 unspecified atom stereocenters. The molecule has 19 heavy (non-hydrogen) atoms. The number of hydrogen-bond donors (Lipinski definition) is 1. The molecule has 0 saturated heterocycles. The molecule has 0 aliphatic heterocycles. The minimum Gasteiger partial charge on any atom is -0.469 e. The fraction of sp³-hybridized carbons (Fsp3) is 0.333. The first-order valence-electron chi connectivity index (χ1n) is 5.45. The van der Waals surface area contributed by atoms with Crippen molar-refractivity contribution >= 4 is 27.5 Å². The van der Waals surface area contributed by atoms with Crippen LogP contribution in [0.25, 0.3) is 0 Å². The van der Waals surface area contributed by atoms with Crippen LogP contribution >= 0.6 is 0 Å². The van der Waals surface area contributed by atoms with Gasteiger partial charge in [0.1, 0.15) is 12.2 Å². The SMILES string of the molecule is COC(=O)CC(=O)Cc1ccc(NS(C)(=O)=O)cc1. The quantitative estimate of drug-likeness (QED) is 0.615. The Bertz CT molecular complexity index is 562. The van der Waals surface area contributed by atoms with Gasteiger partial charge in [0, 0.05) is 12.1 Å². The van der Waals surface area contributed by atoms with E-state index in [1.807, 2.05) is 0 Å². The van der Waals surface area contributed by atoms with Crippen molar-refractivity contribution in [1.82, 2.24) is 0 Å². The summed E-state index contributed by atoms with van der Waals surface area (Å²) in [6.45, 7) is 0. The molecule has 0 radical (unpaired) electrons. The van der Waals surface area contributed by atoms with Gasteiger partial charge in [-0.25, -0.2) is 8.42 Å². The first-order chi connectivity index (χ1) is 8.80. The van der Waals surface area contributed by atoms with Gasteiger partial charge in [-0.2, -0.15) is 0 Å². The average molecular weight is 285 g/mol. The first-order valence-corrected chi connectivity index (χ1v) is 7.34. The lowest BCUT2D eigenvalue weighted by atomic mass is 10.1. The number of methoxy groups -OCH3 is 1. The summed E-state index contributed by atoms with van der Waals surface area (Å²) in [5.41, 5.74) is 1.12. The lowest BCUT2D eigenvalue weighted by Gasteiger charge is -2.05. The van der Waals surface area contributed by atoms with Crippen molar-refractivity contribution in [3.05, 3.63) is 29.8 Å². The highest BCUT2D eigenvalue weighted by Crippen LogP contribution is 2.12. The molecule has 1 rings (SSSR count). The summed E-state index contributed by atoms with van der Waals surface area (Å²) < 4.78 is 28.7. The van der Waals surface area contributed by atoms with Gasteiger partial charge in [-0.3, -0.25) is 14.3 Å². The van der Waals surface area contributed by atoms with E-state index in [-0.39, 0.29) is 18.6 Å². The minimum absolute atomic E-state index is 0.105. The Hall–Kier alpha value is -1.89. The van der Waals surface area contributed by atoms with Crippen LogP contribution in [-0.2, 0) is 30.8 Å². The Balaban J connectivity index is 2.62. The van der Waals surface area contributed by atoms with Gasteiger partial charge in [-0.1, -0.05) is 12.1 Å². The molecular formula is C12H15NO5S. The lowest BCUT2D eigenvalue weighted by molar-refractivity contribution is -0.143. The Labute approximate surface area is 111 Å². The molecule has 0 amide bonds. The molecule has 0 heterocycles. The number of ketones is 1. The van der Waals surface area contributed by atoms with Crippen LogP contribution in [0.2, 0.25) is 0 Å². The van der Waals surface area contributed by atoms with Crippen LogP contribution in [0.15, 0.2) is 24.3 Å². The molecule has 0 atom stereocenters. The van der Waals surface area contributed by atoms with Gasteiger partial charge in [0.2, 0.25) is 10.0 Å². The van der Waals surface area contributed by atoms with Crippen molar-refractivity contribution in [3.8, 4) is 0 Å². The summed E-state index contributed by atoms with van der Waals surface area (Å²) in [5, 5.41) is 0. The van der Waals surface area contributed by atoms with Crippen LogP contribution in [0.3, 0.4) is 0 Å². The van der Waals surface area contributed by atoms with E-state index < -0.39 is 16.0 Å². The predicted molar refractivity (Wildman–Crippen MR) is 70.3 cm³/mol. The van der Waals surface area contributed by atoms with Crippen LogP contribution in [0.5, 0.6) is 0 Å². The van der Waals surface area contributed by atoms with Crippen molar-refractivity contribution in [3.63, 3.8) is 0 Å². The number of esters is 1. The second kappa shape index (κ2) is 6.33. The number of nitrogens with one attached hydrogen (secondary N) is 1. The van der Waals surface area contributed by atoms with E-state index in [1.165, 1.54) is 7.11 Å². The molecule has 0 bridgehead atoms. The van der Waals surface area contributed by atoms with E-state index in [4.69, 9.17) is 0 Å². The Morgan fingerprint density at radius 3 is 2.26 bits per heavy atom. The summed E-state index contributed by atoms with van der Waals surface area (Å²) in [7, 11) is -2.09. The fourth-order valence-corrected chi connectivity index (χ4v) is 1.99. The van der Waals surface area contributed by atoms with Gasteiger partial charge in [0.05, 0.1) is 13.4 Å². The van der Waals surface area contributed by atoms with Crippen molar-refractivity contribution in [2.24, 2.45) is 0 Å². The third-order valence-corrected chi connectivity index (χ3v) is 2.83. The third-order valence-electron chi connectivity index (χ3n) is 2.23. The second-order valence-corrected chi connectivity index (χ2v) is 5.79. The maximum absolute atomic E-state index is 11.5. The average Bonchev–Trinajstić information content (AvgIpc) is 2.29. The molecular weight excluding hydrogens is 270 g/mol. The molecule has 0 aromatic heterocycles. The standard InChI is InChI=1S/C12H15NO5S/c1-18-12(15)8-11(14)7-9-3-5-10(6-4-9)13-19(2,16)17/h3-6,13H,7-8H2,1-2H3.